The summed E-state index contributed by atoms with van der Waals surface area (Å²) in [6.45, 7) is 7.15. The molecule has 5 nitrogen and oxygen atoms in total. The van der Waals surface area contributed by atoms with Crippen molar-refractivity contribution in [3.05, 3.63) is 0 Å². The lowest BCUT2D eigenvalue weighted by atomic mass is 10.0. The van der Waals surface area contributed by atoms with E-state index in [2.05, 4.69) is 24.1 Å². The van der Waals surface area contributed by atoms with Gasteiger partial charge in [-0.05, 0) is 44.6 Å². The lowest BCUT2D eigenvalue weighted by Gasteiger charge is -2.34. The second kappa shape index (κ2) is 8.11. The van der Waals surface area contributed by atoms with Crippen LogP contribution in [-0.2, 0) is 9.53 Å². The number of hydrogen-bond acceptors (Lipinski definition) is 4. The molecule has 2 N–H and O–H groups in total. The zero-order chi connectivity index (χ0) is 15.2. The molecule has 0 aromatic rings. The van der Waals surface area contributed by atoms with Gasteiger partial charge in [0.05, 0.1) is 12.1 Å². The molecule has 2 aliphatic rings. The zero-order valence-corrected chi connectivity index (χ0v) is 13.4. The van der Waals surface area contributed by atoms with Gasteiger partial charge >= 0.3 is 0 Å². The van der Waals surface area contributed by atoms with Crippen LogP contribution in [0.2, 0.25) is 0 Å². The van der Waals surface area contributed by atoms with Gasteiger partial charge in [0, 0.05) is 25.8 Å². The molecule has 2 aliphatic heterocycles. The second-order valence-corrected chi connectivity index (χ2v) is 6.77. The van der Waals surface area contributed by atoms with Crippen LogP contribution >= 0.6 is 0 Å². The molecule has 2 saturated heterocycles. The molecular weight excluding hydrogens is 268 g/mol. The fraction of sp³-hybridized carbons (Fsp3) is 0.938. The first-order valence-corrected chi connectivity index (χ1v) is 8.37. The van der Waals surface area contributed by atoms with E-state index >= 15 is 0 Å². The second-order valence-electron chi connectivity index (χ2n) is 6.77. The molecule has 0 bridgehead atoms. The molecule has 0 aromatic heterocycles. The van der Waals surface area contributed by atoms with Gasteiger partial charge in [-0.25, -0.2) is 0 Å². The normalized spacial score (nSPS) is 26.2. The lowest BCUT2D eigenvalue weighted by Crippen LogP contribution is -2.50. The molecule has 0 saturated carbocycles. The van der Waals surface area contributed by atoms with Crippen molar-refractivity contribution in [1.82, 2.24) is 10.2 Å². The Labute approximate surface area is 128 Å². The summed E-state index contributed by atoms with van der Waals surface area (Å²) < 4.78 is 5.41. The van der Waals surface area contributed by atoms with Gasteiger partial charge in [-0.1, -0.05) is 13.8 Å². The first-order chi connectivity index (χ1) is 10.1. The summed E-state index contributed by atoms with van der Waals surface area (Å²) in [5, 5.41) is 12.8. The lowest BCUT2D eigenvalue weighted by molar-refractivity contribution is -0.127. The van der Waals surface area contributed by atoms with Crippen LogP contribution in [-0.4, -0.2) is 60.4 Å². The molecule has 5 heteroatoms. The van der Waals surface area contributed by atoms with Gasteiger partial charge in [-0.15, -0.1) is 0 Å². The third-order valence-electron chi connectivity index (χ3n) is 4.51. The molecule has 2 rings (SSSR count). The molecule has 122 valence electrons. The average Bonchev–Trinajstić information content (AvgIpc) is 2.94. The predicted molar refractivity (Wildman–Crippen MR) is 82.0 cm³/mol. The molecule has 2 atom stereocenters. The Morgan fingerprint density at radius 2 is 2.05 bits per heavy atom. The van der Waals surface area contributed by atoms with Gasteiger partial charge in [-0.2, -0.15) is 0 Å². The minimum absolute atomic E-state index is 0.0145. The van der Waals surface area contributed by atoms with Gasteiger partial charge in [0.1, 0.15) is 0 Å². The number of amides is 1. The smallest absolute Gasteiger partial charge is 0.237 e. The fourth-order valence-corrected chi connectivity index (χ4v) is 3.49. The number of nitrogens with one attached hydrogen (secondary N) is 1. The summed E-state index contributed by atoms with van der Waals surface area (Å²) >= 11 is 0. The van der Waals surface area contributed by atoms with Gasteiger partial charge in [0.2, 0.25) is 5.91 Å². The molecule has 0 spiro atoms. The predicted octanol–water partition coefficient (Wildman–Crippen LogP) is 1.15. The maximum atomic E-state index is 12.4. The van der Waals surface area contributed by atoms with Crippen LogP contribution < -0.4 is 5.32 Å². The third kappa shape index (κ3) is 4.94. The minimum Gasteiger partial charge on any atom is -0.391 e. The van der Waals surface area contributed by atoms with Crippen molar-refractivity contribution in [2.45, 2.75) is 64.1 Å². The van der Waals surface area contributed by atoms with Crippen LogP contribution in [0.5, 0.6) is 0 Å². The van der Waals surface area contributed by atoms with E-state index in [1.54, 1.807) is 0 Å². The minimum atomic E-state index is -0.438. The van der Waals surface area contributed by atoms with E-state index in [1.165, 1.54) is 0 Å². The van der Waals surface area contributed by atoms with E-state index in [1.807, 2.05) is 0 Å². The SMILES string of the molecule is CC(C)CC(O)CNC(=O)C1CCCN1C1CCOCC1. The number of rotatable bonds is 6. The van der Waals surface area contributed by atoms with E-state index in [0.717, 1.165) is 51.9 Å². The van der Waals surface area contributed by atoms with Crippen LogP contribution in [0.15, 0.2) is 0 Å². The van der Waals surface area contributed by atoms with Crippen LogP contribution in [0.1, 0.15) is 46.0 Å². The Bertz CT molecular complexity index is 329. The van der Waals surface area contributed by atoms with Crippen molar-refractivity contribution >= 4 is 5.91 Å². The van der Waals surface area contributed by atoms with Crippen molar-refractivity contribution in [2.75, 3.05) is 26.3 Å². The first-order valence-electron chi connectivity index (χ1n) is 8.37. The summed E-state index contributed by atoms with van der Waals surface area (Å²) in [6.07, 6.45) is 4.37. The van der Waals surface area contributed by atoms with Gasteiger partial charge < -0.3 is 15.2 Å². The monoisotopic (exact) mass is 298 g/mol. The highest BCUT2D eigenvalue weighted by molar-refractivity contribution is 5.82. The van der Waals surface area contributed by atoms with E-state index in [9.17, 15) is 9.90 Å². The maximum absolute atomic E-state index is 12.4. The van der Waals surface area contributed by atoms with Crippen LogP contribution in [0, 0.1) is 5.92 Å². The van der Waals surface area contributed by atoms with Gasteiger partial charge in [-0.3, -0.25) is 9.69 Å². The quantitative estimate of drug-likeness (QED) is 0.772. The van der Waals surface area contributed by atoms with Crippen LogP contribution in [0.25, 0.3) is 0 Å². The molecule has 0 aromatic carbocycles. The van der Waals surface area contributed by atoms with Crippen molar-refractivity contribution in [2.24, 2.45) is 5.92 Å². The summed E-state index contributed by atoms with van der Waals surface area (Å²) in [4.78, 5) is 14.7. The standard InChI is InChI=1S/C16H30N2O3/c1-12(2)10-14(19)11-17-16(20)15-4-3-7-18(15)13-5-8-21-9-6-13/h12-15,19H,3-11H2,1-2H3,(H,17,20). The van der Waals surface area contributed by atoms with Crippen molar-refractivity contribution < 1.29 is 14.6 Å². The largest absolute Gasteiger partial charge is 0.391 e. The highest BCUT2D eigenvalue weighted by Gasteiger charge is 2.35. The summed E-state index contributed by atoms with van der Waals surface area (Å²) in [7, 11) is 0. The molecule has 21 heavy (non-hydrogen) atoms. The molecule has 2 fully saturated rings. The molecule has 2 unspecified atom stereocenters. The molecule has 0 aliphatic carbocycles. The van der Waals surface area contributed by atoms with Gasteiger partial charge in [0.15, 0.2) is 0 Å². The third-order valence-corrected chi connectivity index (χ3v) is 4.51. The van der Waals surface area contributed by atoms with Crippen molar-refractivity contribution in [1.29, 1.82) is 0 Å². The maximum Gasteiger partial charge on any atom is 0.237 e. The first kappa shape index (κ1) is 16.7. The number of nitrogens with zero attached hydrogens (tertiary/aromatic N) is 1. The number of likely N-dealkylation sites (tertiary alicyclic amines) is 1. The highest BCUT2D eigenvalue weighted by atomic mass is 16.5. The van der Waals surface area contributed by atoms with Crippen LogP contribution in [0.4, 0.5) is 0 Å². The number of hydrogen-bond donors (Lipinski definition) is 2. The highest BCUT2D eigenvalue weighted by Crippen LogP contribution is 2.25. The number of ether oxygens (including phenoxy) is 1. The van der Waals surface area contributed by atoms with E-state index < -0.39 is 6.10 Å². The van der Waals surface area contributed by atoms with Crippen LogP contribution in [0.3, 0.4) is 0 Å². The average molecular weight is 298 g/mol. The van der Waals surface area contributed by atoms with Crippen molar-refractivity contribution in [3.63, 3.8) is 0 Å². The summed E-state index contributed by atoms with van der Waals surface area (Å²) in [5.41, 5.74) is 0. The van der Waals surface area contributed by atoms with E-state index in [-0.39, 0.29) is 11.9 Å². The molecule has 1 amide bonds. The Morgan fingerprint density at radius 1 is 1.33 bits per heavy atom. The number of carbonyl (C=O) groups is 1. The van der Waals surface area contributed by atoms with E-state index in [4.69, 9.17) is 4.74 Å². The van der Waals surface area contributed by atoms with Gasteiger partial charge in [0.25, 0.3) is 0 Å². The zero-order valence-electron chi connectivity index (χ0n) is 13.4. The number of aliphatic hydroxyl groups is 1. The molecule has 2 heterocycles. The Morgan fingerprint density at radius 3 is 2.71 bits per heavy atom. The molecular formula is C16H30N2O3. The Balaban J connectivity index is 1.80. The Kier molecular flexibility index (Phi) is 6.45. The topological polar surface area (TPSA) is 61.8 Å². The summed E-state index contributed by atoms with van der Waals surface area (Å²) in [5.74, 6) is 0.531. The summed E-state index contributed by atoms with van der Waals surface area (Å²) in [6, 6.07) is 0.469. The Hall–Kier alpha value is -0.650. The fourth-order valence-electron chi connectivity index (χ4n) is 3.49. The van der Waals surface area contributed by atoms with Crippen molar-refractivity contribution in [3.8, 4) is 0 Å². The molecule has 0 radical (unpaired) electrons. The number of aliphatic hydroxyl groups excluding tert-OH is 1. The van der Waals surface area contributed by atoms with E-state index in [0.29, 0.717) is 18.5 Å². The number of carbonyl (C=O) groups excluding carboxylic acids is 1.